The molecule has 1 amide bonds. The number of hydrogen-bond donors (Lipinski definition) is 0. The number of carbonyl (C=O) groups is 1. The maximum Gasteiger partial charge on any atom is 0.298 e. The fourth-order valence-corrected chi connectivity index (χ4v) is 4.00. The van der Waals surface area contributed by atoms with Gasteiger partial charge in [-0.25, -0.2) is 4.98 Å². The molecule has 0 fully saturated rings. The third-order valence-electron chi connectivity index (χ3n) is 4.37. The fourth-order valence-electron chi connectivity index (χ4n) is 2.98. The molecule has 0 spiro atoms. The summed E-state index contributed by atoms with van der Waals surface area (Å²) in [5.74, 6) is -0.0186. The highest BCUT2D eigenvalue weighted by Gasteiger charge is 2.25. The van der Waals surface area contributed by atoms with E-state index in [0.717, 1.165) is 22.2 Å². The van der Waals surface area contributed by atoms with Crippen LogP contribution in [-0.4, -0.2) is 16.0 Å². The van der Waals surface area contributed by atoms with Crippen LogP contribution in [0.4, 0.5) is 5.13 Å². The average Bonchev–Trinajstić information content (AvgIpc) is 3.32. The van der Waals surface area contributed by atoms with Crippen molar-refractivity contribution in [2.45, 2.75) is 26.8 Å². The molecule has 0 saturated heterocycles. The van der Waals surface area contributed by atoms with Gasteiger partial charge in [0.25, 0.3) is 5.91 Å². The first-order valence-corrected chi connectivity index (χ1v) is 9.65. The molecule has 0 aliphatic carbocycles. The lowest BCUT2D eigenvalue weighted by Gasteiger charge is -2.18. The SMILES string of the molecule is CCc1cccc2sc(N(Cc3ccccc3)C(=O)c3cc(C)no3)nc12. The molecule has 0 unspecified atom stereocenters. The minimum atomic E-state index is -0.239. The second-order valence-electron chi connectivity index (χ2n) is 6.32. The summed E-state index contributed by atoms with van der Waals surface area (Å²) in [6.07, 6.45) is 0.897. The number of amides is 1. The van der Waals surface area contributed by atoms with Crippen LogP contribution in [0.2, 0.25) is 0 Å². The Labute approximate surface area is 161 Å². The molecule has 136 valence electrons. The maximum absolute atomic E-state index is 13.2. The number of benzene rings is 2. The van der Waals surface area contributed by atoms with Crippen molar-refractivity contribution in [1.82, 2.24) is 10.1 Å². The van der Waals surface area contributed by atoms with E-state index in [4.69, 9.17) is 9.51 Å². The van der Waals surface area contributed by atoms with Crippen LogP contribution >= 0.6 is 11.3 Å². The van der Waals surface area contributed by atoms with E-state index in [1.54, 1.807) is 17.9 Å². The minimum absolute atomic E-state index is 0.221. The van der Waals surface area contributed by atoms with Crippen LogP contribution in [0, 0.1) is 6.92 Å². The van der Waals surface area contributed by atoms with E-state index in [0.29, 0.717) is 17.4 Å². The molecule has 0 aliphatic heterocycles. The highest BCUT2D eigenvalue weighted by atomic mass is 32.1. The first-order valence-electron chi connectivity index (χ1n) is 8.83. The molecule has 2 aromatic carbocycles. The average molecular weight is 377 g/mol. The normalized spacial score (nSPS) is 11.0. The predicted molar refractivity (Wildman–Crippen MR) is 107 cm³/mol. The maximum atomic E-state index is 13.2. The predicted octanol–water partition coefficient (Wildman–Crippen LogP) is 5.00. The Kier molecular flexibility index (Phi) is 4.73. The second-order valence-corrected chi connectivity index (χ2v) is 7.33. The minimum Gasteiger partial charge on any atom is -0.351 e. The molecule has 4 rings (SSSR count). The van der Waals surface area contributed by atoms with E-state index in [1.807, 2.05) is 42.5 Å². The first kappa shape index (κ1) is 17.4. The molecule has 0 saturated carbocycles. The lowest BCUT2D eigenvalue weighted by Crippen LogP contribution is -2.30. The largest absolute Gasteiger partial charge is 0.351 e. The number of nitrogens with zero attached hydrogens (tertiary/aromatic N) is 3. The monoisotopic (exact) mass is 377 g/mol. The van der Waals surface area contributed by atoms with Crippen LogP contribution in [0.3, 0.4) is 0 Å². The van der Waals surface area contributed by atoms with Gasteiger partial charge in [-0.2, -0.15) is 0 Å². The van der Waals surface area contributed by atoms with Gasteiger partial charge in [-0.05, 0) is 30.5 Å². The van der Waals surface area contributed by atoms with Crippen LogP contribution < -0.4 is 4.90 Å². The zero-order valence-corrected chi connectivity index (χ0v) is 16.0. The Morgan fingerprint density at radius 1 is 1.15 bits per heavy atom. The molecular weight excluding hydrogens is 358 g/mol. The number of fused-ring (bicyclic) bond motifs is 1. The third kappa shape index (κ3) is 3.48. The van der Waals surface area contributed by atoms with Gasteiger partial charge in [0, 0.05) is 6.07 Å². The molecule has 0 radical (unpaired) electrons. The van der Waals surface area contributed by atoms with E-state index >= 15 is 0 Å². The lowest BCUT2D eigenvalue weighted by molar-refractivity contribution is 0.0949. The van der Waals surface area contributed by atoms with Gasteiger partial charge in [-0.15, -0.1) is 0 Å². The molecule has 0 aliphatic rings. The molecule has 0 atom stereocenters. The van der Waals surface area contributed by atoms with Crippen molar-refractivity contribution in [1.29, 1.82) is 0 Å². The van der Waals surface area contributed by atoms with E-state index in [9.17, 15) is 4.79 Å². The number of thiazole rings is 1. The highest BCUT2D eigenvalue weighted by Crippen LogP contribution is 2.32. The number of carbonyl (C=O) groups excluding carboxylic acids is 1. The molecule has 5 nitrogen and oxygen atoms in total. The number of aryl methyl sites for hydroxylation is 2. The van der Waals surface area contributed by atoms with Crippen LogP contribution in [0.15, 0.2) is 59.1 Å². The summed E-state index contributed by atoms with van der Waals surface area (Å²) in [6, 6.07) is 17.7. The van der Waals surface area contributed by atoms with E-state index in [1.165, 1.54) is 16.9 Å². The van der Waals surface area contributed by atoms with Gasteiger partial charge in [0.05, 0.1) is 22.5 Å². The summed E-state index contributed by atoms with van der Waals surface area (Å²) < 4.78 is 6.29. The summed E-state index contributed by atoms with van der Waals surface area (Å²) in [7, 11) is 0. The van der Waals surface area contributed by atoms with Crippen LogP contribution in [0.25, 0.3) is 10.2 Å². The number of para-hydroxylation sites is 1. The van der Waals surface area contributed by atoms with Gasteiger partial charge in [0.1, 0.15) is 0 Å². The zero-order valence-electron chi connectivity index (χ0n) is 15.2. The number of hydrogen-bond acceptors (Lipinski definition) is 5. The molecule has 0 N–H and O–H groups in total. The van der Waals surface area contributed by atoms with Crippen molar-refractivity contribution < 1.29 is 9.32 Å². The van der Waals surface area contributed by atoms with Gasteiger partial charge in [-0.3, -0.25) is 9.69 Å². The number of rotatable bonds is 5. The molecule has 2 heterocycles. The summed E-state index contributed by atoms with van der Waals surface area (Å²) in [5, 5.41) is 4.51. The van der Waals surface area contributed by atoms with E-state index < -0.39 is 0 Å². The highest BCUT2D eigenvalue weighted by molar-refractivity contribution is 7.22. The smallest absolute Gasteiger partial charge is 0.298 e. The van der Waals surface area contributed by atoms with Crippen molar-refractivity contribution in [3.63, 3.8) is 0 Å². The summed E-state index contributed by atoms with van der Waals surface area (Å²) in [5.41, 5.74) is 3.84. The van der Waals surface area contributed by atoms with Crippen molar-refractivity contribution >= 4 is 32.6 Å². The molecule has 6 heteroatoms. The molecule has 2 aromatic heterocycles. The Bertz CT molecular complexity index is 1090. The molecule has 4 aromatic rings. The molecule has 27 heavy (non-hydrogen) atoms. The van der Waals surface area contributed by atoms with Crippen molar-refractivity contribution in [3.8, 4) is 0 Å². The Morgan fingerprint density at radius 3 is 2.67 bits per heavy atom. The molecule has 0 bridgehead atoms. The van der Waals surface area contributed by atoms with Gasteiger partial charge >= 0.3 is 0 Å². The number of aromatic nitrogens is 2. The van der Waals surface area contributed by atoms with Crippen molar-refractivity contribution in [2.24, 2.45) is 0 Å². The first-order chi connectivity index (χ1) is 13.2. The summed E-state index contributed by atoms with van der Waals surface area (Å²) in [4.78, 5) is 19.6. The lowest BCUT2D eigenvalue weighted by atomic mass is 10.1. The van der Waals surface area contributed by atoms with Crippen molar-refractivity contribution in [3.05, 3.63) is 77.2 Å². The van der Waals surface area contributed by atoms with Gasteiger partial charge < -0.3 is 4.52 Å². The zero-order chi connectivity index (χ0) is 18.8. The Morgan fingerprint density at radius 2 is 1.96 bits per heavy atom. The quantitative estimate of drug-likeness (QED) is 0.491. The fraction of sp³-hybridized carbons (Fsp3) is 0.190. The van der Waals surface area contributed by atoms with Crippen LogP contribution in [-0.2, 0) is 13.0 Å². The van der Waals surface area contributed by atoms with E-state index in [2.05, 4.69) is 18.1 Å². The standard InChI is InChI=1S/C21H19N3O2S/c1-3-16-10-7-11-18-19(16)22-21(27-18)24(13-15-8-5-4-6-9-15)20(25)17-12-14(2)23-26-17/h4-12H,3,13H2,1-2H3. The Hall–Kier alpha value is -2.99. The van der Waals surface area contributed by atoms with Crippen LogP contribution in [0.1, 0.15) is 34.3 Å². The summed E-state index contributed by atoms with van der Waals surface area (Å²) >= 11 is 1.52. The van der Waals surface area contributed by atoms with Gasteiger partial charge in [0.2, 0.25) is 5.76 Å². The third-order valence-corrected chi connectivity index (χ3v) is 5.41. The topological polar surface area (TPSA) is 59.2 Å². The van der Waals surface area contributed by atoms with Crippen LogP contribution in [0.5, 0.6) is 0 Å². The second kappa shape index (κ2) is 7.32. The summed E-state index contributed by atoms with van der Waals surface area (Å²) in [6.45, 7) is 4.33. The van der Waals surface area contributed by atoms with E-state index in [-0.39, 0.29) is 11.7 Å². The van der Waals surface area contributed by atoms with Gasteiger partial charge in [0.15, 0.2) is 5.13 Å². The number of anilines is 1. The molecular formula is C21H19N3O2S. The van der Waals surface area contributed by atoms with Crippen molar-refractivity contribution in [2.75, 3.05) is 4.90 Å². The Balaban J connectivity index is 1.78. The van der Waals surface area contributed by atoms with Gasteiger partial charge in [-0.1, -0.05) is 65.9 Å².